The summed E-state index contributed by atoms with van der Waals surface area (Å²) in [4.78, 5) is 0. The molecule has 0 amide bonds. The van der Waals surface area contributed by atoms with Crippen molar-refractivity contribution in [1.29, 1.82) is 0 Å². The minimum absolute atomic E-state index is 0.174. The van der Waals surface area contributed by atoms with Crippen LogP contribution in [0.2, 0.25) is 0 Å². The topological polar surface area (TPSA) is 41.9 Å². The van der Waals surface area contributed by atoms with Crippen molar-refractivity contribution in [1.82, 2.24) is 20.4 Å². The van der Waals surface area contributed by atoms with Gasteiger partial charge in [0.25, 0.3) is 0 Å². The molecule has 124 valence electrons. The van der Waals surface area contributed by atoms with Crippen LogP contribution < -0.4 is 10.6 Å². The third-order valence-corrected chi connectivity index (χ3v) is 4.44. The van der Waals surface area contributed by atoms with E-state index in [1.165, 1.54) is 5.56 Å². The number of nitrogens with one attached hydrogen (secondary N) is 2. The van der Waals surface area contributed by atoms with Gasteiger partial charge in [0.05, 0.1) is 11.9 Å². The summed E-state index contributed by atoms with van der Waals surface area (Å²) in [5, 5.41) is 11.9. The Morgan fingerprint density at radius 1 is 1.13 bits per heavy atom. The molecule has 2 aromatic rings. The lowest BCUT2D eigenvalue weighted by Gasteiger charge is -2.46. The molecular formula is C19H28N4. The molecule has 3 rings (SSSR count). The molecule has 2 heterocycles. The fourth-order valence-corrected chi connectivity index (χ4v) is 3.90. The van der Waals surface area contributed by atoms with Crippen LogP contribution >= 0.6 is 0 Å². The molecule has 0 aliphatic carbocycles. The second kappa shape index (κ2) is 6.10. The highest BCUT2D eigenvalue weighted by Gasteiger charge is 2.37. The number of nitrogens with zero attached hydrogens (tertiary/aromatic N) is 2. The van der Waals surface area contributed by atoms with Crippen molar-refractivity contribution in [3.8, 4) is 5.69 Å². The van der Waals surface area contributed by atoms with Crippen molar-refractivity contribution in [2.45, 2.75) is 64.2 Å². The van der Waals surface area contributed by atoms with Gasteiger partial charge in [-0.2, -0.15) is 5.10 Å². The maximum atomic E-state index is 4.47. The van der Waals surface area contributed by atoms with Crippen LogP contribution in [0.15, 0.2) is 42.7 Å². The Bertz CT molecular complexity index is 626. The van der Waals surface area contributed by atoms with E-state index in [1.807, 2.05) is 29.1 Å². The minimum Gasteiger partial charge on any atom is -0.310 e. The largest absolute Gasteiger partial charge is 0.310 e. The first-order valence-corrected chi connectivity index (χ1v) is 8.45. The number of hydrogen-bond donors (Lipinski definition) is 2. The molecule has 4 nitrogen and oxygen atoms in total. The van der Waals surface area contributed by atoms with Crippen LogP contribution in [0.1, 0.15) is 46.1 Å². The SMILES string of the molecule is CC1(C)CC(NCc2cnn(-c3ccccc3)c2)CC(C)(C)N1. The molecule has 1 aromatic heterocycles. The minimum atomic E-state index is 0.174. The number of para-hydroxylation sites is 1. The van der Waals surface area contributed by atoms with Gasteiger partial charge in [0.1, 0.15) is 0 Å². The van der Waals surface area contributed by atoms with Crippen LogP contribution in [0.5, 0.6) is 0 Å². The van der Waals surface area contributed by atoms with E-state index < -0.39 is 0 Å². The van der Waals surface area contributed by atoms with E-state index in [0.717, 1.165) is 25.1 Å². The lowest BCUT2D eigenvalue weighted by atomic mass is 9.79. The molecule has 0 atom stereocenters. The second-order valence-electron chi connectivity index (χ2n) is 8.01. The highest BCUT2D eigenvalue weighted by atomic mass is 15.3. The quantitative estimate of drug-likeness (QED) is 0.910. The normalized spacial score (nSPS) is 20.5. The van der Waals surface area contributed by atoms with Crippen LogP contribution in [0.3, 0.4) is 0 Å². The molecule has 0 radical (unpaired) electrons. The maximum Gasteiger partial charge on any atom is 0.0645 e. The van der Waals surface area contributed by atoms with Crippen LogP contribution in [-0.4, -0.2) is 26.9 Å². The van der Waals surface area contributed by atoms with E-state index in [1.54, 1.807) is 0 Å². The van der Waals surface area contributed by atoms with Gasteiger partial charge in [0.15, 0.2) is 0 Å². The Hall–Kier alpha value is -1.65. The van der Waals surface area contributed by atoms with Crippen LogP contribution in [-0.2, 0) is 6.54 Å². The third kappa shape index (κ3) is 4.21. The smallest absolute Gasteiger partial charge is 0.0645 e. The number of benzene rings is 1. The van der Waals surface area contributed by atoms with Gasteiger partial charge < -0.3 is 10.6 Å². The Kier molecular flexibility index (Phi) is 4.30. The molecule has 1 saturated heterocycles. The van der Waals surface area contributed by atoms with Crippen LogP contribution in [0.25, 0.3) is 5.69 Å². The zero-order valence-electron chi connectivity index (χ0n) is 14.6. The monoisotopic (exact) mass is 312 g/mol. The van der Waals surface area contributed by atoms with Crippen LogP contribution in [0.4, 0.5) is 0 Å². The molecule has 1 fully saturated rings. The van der Waals surface area contributed by atoms with E-state index in [0.29, 0.717) is 6.04 Å². The average molecular weight is 312 g/mol. The first-order valence-electron chi connectivity index (χ1n) is 8.45. The Balaban J connectivity index is 1.62. The lowest BCUT2D eigenvalue weighted by Crippen LogP contribution is -2.61. The van der Waals surface area contributed by atoms with Crippen molar-refractivity contribution < 1.29 is 0 Å². The van der Waals surface area contributed by atoms with Gasteiger partial charge in [-0.1, -0.05) is 18.2 Å². The predicted molar refractivity (Wildman–Crippen MR) is 94.7 cm³/mol. The molecule has 4 heteroatoms. The predicted octanol–water partition coefficient (Wildman–Crippen LogP) is 3.27. The first kappa shape index (κ1) is 16.2. The molecule has 23 heavy (non-hydrogen) atoms. The molecule has 1 aromatic carbocycles. The molecule has 2 N–H and O–H groups in total. The van der Waals surface area contributed by atoms with Crippen molar-refractivity contribution in [2.24, 2.45) is 0 Å². The van der Waals surface area contributed by atoms with Gasteiger partial charge in [-0.3, -0.25) is 0 Å². The Morgan fingerprint density at radius 3 is 2.43 bits per heavy atom. The van der Waals surface area contributed by atoms with E-state index in [2.05, 4.69) is 61.8 Å². The second-order valence-corrected chi connectivity index (χ2v) is 8.01. The number of rotatable bonds is 4. The van der Waals surface area contributed by atoms with E-state index in [-0.39, 0.29) is 11.1 Å². The molecule has 0 bridgehead atoms. The molecular weight excluding hydrogens is 284 g/mol. The van der Waals surface area contributed by atoms with Crippen molar-refractivity contribution in [3.05, 3.63) is 48.3 Å². The Labute approximate surface area is 139 Å². The molecule has 0 spiro atoms. The summed E-state index contributed by atoms with van der Waals surface area (Å²) in [6, 6.07) is 10.8. The van der Waals surface area contributed by atoms with Gasteiger partial charge in [-0.25, -0.2) is 4.68 Å². The van der Waals surface area contributed by atoms with Crippen LogP contribution in [0, 0.1) is 0 Å². The fraction of sp³-hybridized carbons (Fsp3) is 0.526. The lowest BCUT2D eigenvalue weighted by molar-refractivity contribution is 0.145. The maximum absolute atomic E-state index is 4.47. The average Bonchev–Trinajstić information content (AvgIpc) is 2.92. The number of piperidine rings is 1. The molecule has 0 saturated carbocycles. The summed E-state index contributed by atoms with van der Waals surface area (Å²) in [5.74, 6) is 0. The van der Waals surface area contributed by atoms with Gasteiger partial charge in [-0.05, 0) is 52.7 Å². The zero-order chi connectivity index (χ0) is 16.5. The molecule has 0 unspecified atom stereocenters. The summed E-state index contributed by atoms with van der Waals surface area (Å²) < 4.78 is 1.94. The van der Waals surface area contributed by atoms with E-state index in [4.69, 9.17) is 0 Å². The first-order chi connectivity index (χ1) is 10.8. The third-order valence-electron chi connectivity index (χ3n) is 4.44. The fourth-order valence-electron chi connectivity index (χ4n) is 3.90. The van der Waals surface area contributed by atoms with Crippen molar-refractivity contribution >= 4 is 0 Å². The zero-order valence-corrected chi connectivity index (χ0v) is 14.6. The van der Waals surface area contributed by atoms with E-state index >= 15 is 0 Å². The van der Waals surface area contributed by atoms with Gasteiger partial charge >= 0.3 is 0 Å². The van der Waals surface area contributed by atoms with E-state index in [9.17, 15) is 0 Å². The van der Waals surface area contributed by atoms with Crippen molar-refractivity contribution in [2.75, 3.05) is 0 Å². The summed E-state index contributed by atoms with van der Waals surface area (Å²) in [6.07, 6.45) is 6.35. The summed E-state index contributed by atoms with van der Waals surface area (Å²) >= 11 is 0. The highest BCUT2D eigenvalue weighted by molar-refractivity contribution is 5.30. The Morgan fingerprint density at radius 2 is 1.78 bits per heavy atom. The van der Waals surface area contributed by atoms with Gasteiger partial charge in [-0.15, -0.1) is 0 Å². The summed E-state index contributed by atoms with van der Waals surface area (Å²) in [6.45, 7) is 10.0. The number of hydrogen-bond acceptors (Lipinski definition) is 3. The standard InChI is InChI=1S/C19H28N4/c1-18(2)10-16(11-19(3,4)22-18)20-12-15-13-21-23(14-15)17-8-6-5-7-9-17/h5-9,13-14,16,20,22H,10-12H2,1-4H3. The van der Waals surface area contributed by atoms with Crippen molar-refractivity contribution in [3.63, 3.8) is 0 Å². The van der Waals surface area contributed by atoms with Gasteiger partial charge in [0.2, 0.25) is 0 Å². The molecule has 1 aliphatic rings. The summed E-state index contributed by atoms with van der Waals surface area (Å²) in [5.41, 5.74) is 2.67. The summed E-state index contributed by atoms with van der Waals surface area (Å²) in [7, 11) is 0. The highest BCUT2D eigenvalue weighted by Crippen LogP contribution is 2.28. The van der Waals surface area contributed by atoms with Gasteiger partial charge in [0, 0.05) is 35.4 Å². The number of aromatic nitrogens is 2. The molecule has 1 aliphatic heterocycles.